The summed E-state index contributed by atoms with van der Waals surface area (Å²) in [5.74, 6) is 0. The second-order valence-corrected chi connectivity index (χ2v) is 5.28. The first-order chi connectivity index (χ1) is 9.11. The first-order valence-electron chi connectivity index (χ1n) is 5.68. The number of aliphatic hydroxyl groups excluding tert-OH is 1. The van der Waals surface area contributed by atoms with Crippen LogP contribution in [-0.4, -0.2) is 11.7 Å². The molecule has 2 rings (SSSR count). The summed E-state index contributed by atoms with van der Waals surface area (Å²) < 4.78 is 0. The maximum atomic E-state index is 9.55. The second kappa shape index (κ2) is 6.49. The predicted molar refractivity (Wildman–Crippen MR) is 81.4 cm³/mol. The minimum absolute atomic E-state index is 0.129. The van der Waals surface area contributed by atoms with E-state index < -0.39 is 0 Å². The predicted octanol–water partition coefficient (Wildman–Crippen LogP) is 4.79. The molecule has 1 atom stereocenters. The van der Waals surface area contributed by atoms with E-state index in [4.69, 9.17) is 34.8 Å². The summed E-state index contributed by atoms with van der Waals surface area (Å²) in [4.78, 5) is 0. The lowest BCUT2D eigenvalue weighted by Crippen LogP contribution is -2.15. The van der Waals surface area contributed by atoms with Gasteiger partial charge in [0.1, 0.15) is 0 Å². The highest BCUT2D eigenvalue weighted by Crippen LogP contribution is 2.32. The van der Waals surface area contributed by atoms with Gasteiger partial charge < -0.3 is 10.4 Å². The van der Waals surface area contributed by atoms with Crippen LogP contribution in [0.1, 0.15) is 11.6 Å². The Labute approximate surface area is 126 Å². The number of anilines is 1. The van der Waals surface area contributed by atoms with Crippen LogP contribution in [0.25, 0.3) is 0 Å². The fraction of sp³-hybridized carbons (Fsp3) is 0.143. The van der Waals surface area contributed by atoms with Gasteiger partial charge in [-0.2, -0.15) is 0 Å². The average Bonchev–Trinajstić information content (AvgIpc) is 2.37. The monoisotopic (exact) mass is 315 g/mol. The zero-order valence-electron chi connectivity index (χ0n) is 9.91. The molecule has 0 amide bonds. The van der Waals surface area contributed by atoms with Crippen LogP contribution in [0.2, 0.25) is 15.1 Å². The minimum Gasteiger partial charge on any atom is -0.394 e. The Morgan fingerprint density at radius 2 is 1.63 bits per heavy atom. The summed E-state index contributed by atoms with van der Waals surface area (Å²) in [6.07, 6.45) is 0. The minimum atomic E-state index is -0.389. The Morgan fingerprint density at radius 3 is 2.21 bits per heavy atom. The Kier molecular flexibility index (Phi) is 4.94. The summed E-state index contributed by atoms with van der Waals surface area (Å²) in [5, 5.41) is 14.4. The number of halogens is 3. The topological polar surface area (TPSA) is 32.3 Å². The van der Waals surface area contributed by atoms with Crippen LogP contribution in [0.3, 0.4) is 0 Å². The van der Waals surface area contributed by atoms with E-state index in [2.05, 4.69) is 5.32 Å². The Morgan fingerprint density at radius 1 is 1.00 bits per heavy atom. The number of nitrogens with one attached hydrogen (secondary N) is 1. The van der Waals surface area contributed by atoms with Crippen molar-refractivity contribution in [2.24, 2.45) is 0 Å². The van der Waals surface area contributed by atoms with Crippen LogP contribution in [0.5, 0.6) is 0 Å². The molecule has 0 aliphatic rings. The Hall–Kier alpha value is -0.930. The summed E-state index contributed by atoms with van der Waals surface area (Å²) in [6, 6.07) is 12.1. The van der Waals surface area contributed by atoms with Crippen molar-refractivity contribution in [3.05, 3.63) is 63.1 Å². The zero-order chi connectivity index (χ0) is 13.8. The fourth-order valence-electron chi connectivity index (χ4n) is 1.83. The van der Waals surface area contributed by atoms with Crippen molar-refractivity contribution < 1.29 is 5.11 Å². The lowest BCUT2D eigenvalue weighted by Gasteiger charge is -2.20. The van der Waals surface area contributed by atoms with Crippen molar-refractivity contribution in [1.82, 2.24) is 0 Å². The van der Waals surface area contributed by atoms with Gasteiger partial charge in [0.05, 0.1) is 12.6 Å². The van der Waals surface area contributed by atoms with Crippen LogP contribution >= 0.6 is 34.8 Å². The van der Waals surface area contributed by atoms with Gasteiger partial charge in [0.25, 0.3) is 0 Å². The van der Waals surface area contributed by atoms with Crippen molar-refractivity contribution >= 4 is 40.5 Å². The molecule has 19 heavy (non-hydrogen) atoms. The molecule has 1 unspecified atom stereocenters. The molecule has 0 aromatic heterocycles. The van der Waals surface area contributed by atoms with E-state index in [1.54, 1.807) is 30.3 Å². The summed E-state index contributed by atoms with van der Waals surface area (Å²) in [6.45, 7) is -0.129. The van der Waals surface area contributed by atoms with Gasteiger partial charge in [0.2, 0.25) is 0 Å². The van der Waals surface area contributed by atoms with Crippen molar-refractivity contribution in [2.75, 3.05) is 11.9 Å². The van der Waals surface area contributed by atoms with Crippen molar-refractivity contribution in [2.45, 2.75) is 6.04 Å². The molecular formula is C14H12Cl3NO. The highest BCUT2D eigenvalue weighted by molar-refractivity contribution is 6.36. The van der Waals surface area contributed by atoms with E-state index in [0.29, 0.717) is 20.6 Å². The molecule has 0 radical (unpaired) electrons. The van der Waals surface area contributed by atoms with Crippen molar-refractivity contribution in [3.8, 4) is 0 Å². The van der Waals surface area contributed by atoms with E-state index in [-0.39, 0.29) is 12.6 Å². The number of hydrogen-bond acceptors (Lipinski definition) is 2. The molecule has 2 aromatic carbocycles. The number of aliphatic hydroxyl groups is 1. The molecule has 2 N–H and O–H groups in total. The third kappa shape index (κ3) is 3.54. The molecule has 0 fully saturated rings. The first-order valence-corrected chi connectivity index (χ1v) is 6.82. The van der Waals surface area contributed by atoms with E-state index in [0.717, 1.165) is 5.69 Å². The van der Waals surface area contributed by atoms with Crippen LogP contribution in [0.15, 0.2) is 42.5 Å². The summed E-state index contributed by atoms with van der Waals surface area (Å²) in [7, 11) is 0. The second-order valence-electron chi connectivity index (χ2n) is 4.03. The molecule has 2 aromatic rings. The molecule has 5 heteroatoms. The molecule has 0 aliphatic carbocycles. The van der Waals surface area contributed by atoms with E-state index >= 15 is 0 Å². The van der Waals surface area contributed by atoms with Gasteiger partial charge in [-0.15, -0.1) is 0 Å². The van der Waals surface area contributed by atoms with E-state index in [9.17, 15) is 5.11 Å². The van der Waals surface area contributed by atoms with Crippen LogP contribution < -0.4 is 5.32 Å². The molecule has 0 spiro atoms. The number of hydrogen-bond donors (Lipinski definition) is 2. The lowest BCUT2D eigenvalue weighted by molar-refractivity contribution is 0.276. The van der Waals surface area contributed by atoms with Crippen LogP contribution in [0.4, 0.5) is 5.69 Å². The smallest absolute Gasteiger partial charge is 0.0774 e. The van der Waals surface area contributed by atoms with Gasteiger partial charge in [0.15, 0.2) is 0 Å². The third-order valence-electron chi connectivity index (χ3n) is 2.70. The van der Waals surface area contributed by atoms with Crippen molar-refractivity contribution in [3.63, 3.8) is 0 Å². The summed E-state index contributed by atoms with van der Waals surface area (Å²) >= 11 is 18.2. The Balaban J connectivity index is 2.30. The maximum absolute atomic E-state index is 9.55. The fourth-order valence-corrected chi connectivity index (χ4v) is 2.68. The van der Waals surface area contributed by atoms with Gasteiger partial charge in [-0.1, -0.05) is 46.9 Å². The normalized spacial score (nSPS) is 12.2. The maximum Gasteiger partial charge on any atom is 0.0774 e. The van der Waals surface area contributed by atoms with E-state index in [1.165, 1.54) is 0 Å². The van der Waals surface area contributed by atoms with Gasteiger partial charge in [0, 0.05) is 26.3 Å². The highest BCUT2D eigenvalue weighted by Gasteiger charge is 2.17. The summed E-state index contributed by atoms with van der Waals surface area (Å²) in [5.41, 5.74) is 1.47. The molecule has 0 saturated heterocycles. The van der Waals surface area contributed by atoms with Crippen LogP contribution in [0, 0.1) is 0 Å². The SMILES string of the molecule is OCC(Nc1cccc(Cl)c1)c1c(Cl)cccc1Cl. The molecule has 100 valence electrons. The quantitative estimate of drug-likeness (QED) is 0.850. The van der Waals surface area contributed by atoms with Gasteiger partial charge >= 0.3 is 0 Å². The average molecular weight is 317 g/mol. The molecular weight excluding hydrogens is 305 g/mol. The number of rotatable bonds is 4. The van der Waals surface area contributed by atoms with E-state index in [1.807, 2.05) is 12.1 Å². The van der Waals surface area contributed by atoms with Crippen molar-refractivity contribution in [1.29, 1.82) is 0 Å². The van der Waals surface area contributed by atoms with Gasteiger partial charge in [-0.05, 0) is 30.3 Å². The molecule has 0 heterocycles. The third-order valence-corrected chi connectivity index (χ3v) is 3.59. The highest BCUT2D eigenvalue weighted by atomic mass is 35.5. The largest absolute Gasteiger partial charge is 0.394 e. The molecule has 0 aliphatic heterocycles. The molecule has 2 nitrogen and oxygen atoms in total. The van der Waals surface area contributed by atoms with Gasteiger partial charge in [-0.3, -0.25) is 0 Å². The lowest BCUT2D eigenvalue weighted by atomic mass is 10.1. The zero-order valence-corrected chi connectivity index (χ0v) is 12.2. The van der Waals surface area contributed by atoms with Crippen LogP contribution in [-0.2, 0) is 0 Å². The van der Waals surface area contributed by atoms with Gasteiger partial charge in [-0.25, -0.2) is 0 Å². The number of benzene rings is 2. The standard InChI is InChI=1S/C14H12Cl3NO/c15-9-3-1-4-10(7-9)18-13(8-19)14-11(16)5-2-6-12(14)17/h1-7,13,18-19H,8H2. The first kappa shape index (κ1) is 14.5. The molecule has 0 saturated carbocycles. The molecule has 0 bridgehead atoms. The Bertz CT molecular complexity index is 554.